The Morgan fingerprint density at radius 2 is 2.00 bits per heavy atom. The largest absolute Gasteiger partial charge is 0.336 e. The van der Waals surface area contributed by atoms with Crippen molar-refractivity contribution in [1.82, 2.24) is 10.2 Å². The minimum Gasteiger partial charge on any atom is -0.336 e. The van der Waals surface area contributed by atoms with Gasteiger partial charge in [0.2, 0.25) is 0 Å². The average molecular weight is 323 g/mol. The Balaban J connectivity index is 0.00000132. The molecule has 3 heterocycles. The topological polar surface area (TPSA) is 32.3 Å². The average Bonchev–Trinajstić information content (AvgIpc) is 3.01. The van der Waals surface area contributed by atoms with Crippen molar-refractivity contribution >= 4 is 39.7 Å². The molecule has 0 radical (unpaired) electrons. The van der Waals surface area contributed by atoms with Crippen LogP contribution in [0.25, 0.3) is 10.1 Å². The molecule has 2 fully saturated rings. The lowest BCUT2D eigenvalue weighted by Crippen LogP contribution is -2.38. The monoisotopic (exact) mass is 322 g/mol. The van der Waals surface area contributed by atoms with Crippen molar-refractivity contribution in [2.45, 2.75) is 31.3 Å². The molecule has 1 N–H and O–H groups in total. The summed E-state index contributed by atoms with van der Waals surface area (Å²) >= 11 is 1.61. The number of nitrogens with zero attached hydrogens (tertiary/aromatic N) is 1. The molecular formula is C16H19ClN2OS. The lowest BCUT2D eigenvalue weighted by molar-refractivity contribution is 0.0753. The van der Waals surface area contributed by atoms with Crippen LogP contribution in [0.4, 0.5) is 0 Å². The van der Waals surface area contributed by atoms with Crippen LogP contribution in [0, 0.1) is 0 Å². The maximum atomic E-state index is 12.7. The molecule has 2 saturated heterocycles. The second kappa shape index (κ2) is 5.95. The molecule has 2 bridgehead atoms. The molecule has 3 nitrogen and oxygen atoms in total. The Labute approximate surface area is 134 Å². The highest BCUT2D eigenvalue weighted by molar-refractivity contribution is 7.20. The van der Waals surface area contributed by atoms with Crippen molar-refractivity contribution in [2.75, 3.05) is 13.1 Å². The maximum Gasteiger partial charge on any atom is 0.264 e. The van der Waals surface area contributed by atoms with E-state index in [1.54, 1.807) is 11.3 Å². The van der Waals surface area contributed by atoms with Gasteiger partial charge in [0.05, 0.1) is 4.88 Å². The van der Waals surface area contributed by atoms with Crippen molar-refractivity contribution in [2.24, 2.45) is 0 Å². The predicted octanol–water partition coefficient (Wildman–Crippen LogP) is 3.29. The Kier molecular flexibility index (Phi) is 4.20. The number of amides is 1. The SMILES string of the molecule is Cl.O=C(c1cc2ccccc2s1)N1CCC2CCC(C1)N2. The first-order chi connectivity index (χ1) is 9.79. The number of nitrogens with one attached hydrogen (secondary N) is 1. The van der Waals surface area contributed by atoms with E-state index >= 15 is 0 Å². The predicted molar refractivity (Wildman–Crippen MR) is 89.5 cm³/mol. The molecule has 2 unspecified atom stereocenters. The first-order valence-corrected chi connectivity index (χ1v) is 8.15. The number of halogens is 1. The molecule has 2 atom stereocenters. The van der Waals surface area contributed by atoms with Crippen LogP contribution in [0.15, 0.2) is 30.3 Å². The molecule has 2 aliphatic heterocycles. The second-order valence-corrected chi connectivity index (χ2v) is 6.91. The van der Waals surface area contributed by atoms with Crippen LogP contribution in [-0.2, 0) is 0 Å². The zero-order chi connectivity index (χ0) is 13.5. The summed E-state index contributed by atoms with van der Waals surface area (Å²) in [7, 11) is 0. The number of benzene rings is 1. The van der Waals surface area contributed by atoms with Gasteiger partial charge in [0, 0.05) is 29.9 Å². The summed E-state index contributed by atoms with van der Waals surface area (Å²) < 4.78 is 1.20. The van der Waals surface area contributed by atoms with Crippen molar-refractivity contribution in [3.63, 3.8) is 0 Å². The van der Waals surface area contributed by atoms with E-state index in [2.05, 4.69) is 17.4 Å². The molecule has 4 rings (SSSR count). The number of thiophene rings is 1. The minimum absolute atomic E-state index is 0. The summed E-state index contributed by atoms with van der Waals surface area (Å²) in [4.78, 5) is 15.6. The minimum atomic E-state index is 0. The second-order valence-electron chi connectivity index (χ2n) is 5.83. The number of hydrogen-bond donors (Lipinski definition) is 1. The smallest absolute Gasteiger partial charge is 0.264 e. The summed E-state index contributed by atoms with van der Waals surface area (Å²) in [6, 6.07) is 11.4. The van der Waals surface area contributed by atoms with Gasteiger partial charge in [-0.25, -0.2) is 0 Å². The first-order valence-electron chi connectivity index (χ1n) is 7.33. The van der Waals surface area contributed by atoms with Gasteiger partial charge in [0.25, 0.3) is 5.91 Å². The highest BCUT2D eigenvalue weighted by Gasteiger charge is 2.31. The molecule has 21 heavy (non-hydrogen) atoms. The van der Waals surface area contributed by atoms with E-state index in [1.165, 1.54) is 22.9 Å². The summed E-state index contributed by atoms with van der Waals surface area (Å²) in [6.45, 7) is 1.75. The standard InChI is InChI=1S/C16H18N2OS.ClH/c19-16(15-9-11-3-1-2-4-14(11)20-15)18-8-7-12-5-6-13(10-18)17-12;/h1-4,9,12-13,17H,5-8,10H2;1H. The number of likely N-dealkylation sites (tertiary alicyclic amines) is 1. The van der Waals surface area contributed by atoms with Crippen LogP contribution >= 0.6 is 23.7 Å². The van der Waals surface area contributed by atoms with Crippen LogP contribution in [0.2, 0.25) is 0 Å². The van der Waals surface area contributed by atoms with Crippen LogP contribution in [0.3, 0.4) is 0 Å². The van der Waals surface area contributed by atoms with E-state index in [4.69, 9.17) is 0 Å². The van der Waals surface area contributed by atoms with Gasteiger partial charge >= 0.3 is 0 Å². The van der Waals surface area contributed by atoms with E-state index in [9.17, 15) is 4.79 Å². The van der Waals surface area contributed by atoms with Gasteiger partial charge in [-0.05, 0) is 36.8 Å². The van der Waals surface area contributed by atoms with Crippen molar-refractivity contribution in [3.8, 4) is 0 Å². The fraction of sp³-hybridized carbons (Fsp3) is 0.438. The van der Waals surface area contributed by atoms with Crippen molar-refractivity contribution < 1.29 is 4.79 Å². The van der Waals surface area contributed by atoms with E-state index < -0.39 is 0 Å². The number of fused-ring (bicyclic) bond motifs is 3. The van der Waals surface area contributed by atoms with Gasteiger partial charge in [0.15, 0.2) is 0 Å². The van der Waals surface area contributed by atoms with Crippen LogP contribution in [0.1, 0.15) is 28.9 Å². The Bertz CT molecular complexity index is 624. The Hall–Kier alpha value is -1.10. The highest BCUT2D eigenvalue weighted by Crippen LogP contribution is 2.28. The molecule has 112 valence electrons. The van der Waals surface area contributed by atoms with Gasteiger partial charge in [-0.1, -0.05) is 18.2 Å². The number of carbonyl (C=O) groups is 1. The third-order valence-corrected chi connectivity index (χ3v) is 5.55. The molecule has 5 heteroatoms. The third kappa shape index (κ3) is 2.80. The van der Waals surface area contributed by atoms with Gasteiger partial charge < -0.3 is 10.2 Å². The van der Waals surface area contributed by atoms with Crippen LogP contribution in [-0.4, -0.2) is 36.0 Å². The summed E-state index contributed by atoms with van der Waals surface area (Å²) in [5, 5.41) is 4.80. The number of carbonyl (C=O) groups excluding carboxylic acids is 1. The molecular weight excluding hydrogens is 304 g/mol. The molecule has 0 aliphatic carbocycles. The van der Waals surface area contributed by atoms with E-state index in [-0.39, 0.29) is 18.3 Å². The van der Waals surface area contributed by atoms with Gasteiger partial charge in [-0.2, -0.15) is 0 Å². The van der Waals surface area contributed by atoms with Crippen molar-refractivity contribution in [1.29, 1.82) is 0 Å². The molecule has 2 aromatic rings. The van der Waals surface area contributed by atoms with E-state index in [0.29, 0.717) is 12.1 Å². The molecule has 1 aromatic heterocycles. The van der Waals surface area contributed by atoms with Crippen LogP contribution in [0.5, 0.6) is 0 Å². The lowest BCUT2D eigenvalue weighted by atomic mass is 10.1. The molecule has 1 amide bonds. The number of rotatable bonds is 1. The fourth-order valence-corrected chi connectivity index (χ4v) is 4.40. The van der Waals surface area contributed by atoms with Crippen LogP contribution < -0.4 is 5.32 Å². The maximum absolute atomic E-state index is 12.7. The zero-order valence-electron chi connectivity index (χ0n) is 11.7. The highest BCUT2D eigenvalue weighted by atomic mass is 35.5. The lowest BCUT2D eigenvalue weighted by Gasteiger charge is -2.23. The third-order valence-electron chi connectivity index (χ3n) is 4.45. The summed E-state index contributed by atoms with van der Waals surface area (Å²) in [6.07, 6.45) is 3.57. The zero-order valence-corrected chi connectivity index (χ0v) is 13.4. The number of hydrogen-bond acceptors (Lipinski definition) is 3. The molecule has 0 saturated carbocycles. The first kappa shape index (κ1) is 14.8. The molecule has 0 spiro atoms. The normalized spacial score (nSPS) is 24.7. The van der Waals surface area contributed by atoms with Gasteiger partial charge in [-0.15, -0.1) is 23.7 Å². The summed E-state index contributed by atoms with van der Waals surface area (Å²) in [5.74, 6) is 0.209. The molecule has 1 aromatic carbocycles. The Morgan fingerprint density at radius 3 is 2.86 bits per heavy atom. The summed E-state index contributed by atoms with van der Waals surface area (Å²) in [5.41, 5.74) is 0. The van der Waals surface area contributed by atoms with Crippen molar-refractivity contribution in [3.05, 3.63) is 35.2 Å². The van der Waals surface area contributed by atoms with E-state index in [0.717, 1.165) is 24.4 Å². The Morgan fingerprint density at radius 1 is 1.19 bits per heavy atom. The van der Waals surface area contributed by atoms with E-state index in [1.807, 2.05) is 23.1 Å². The van der Waals surface area contributed by atoms with Gasteiger partial charge in [-0.3, -0.25) is 4.79 Å². The fourth-order valence-electron chi connectivity index (χ4n) is 3.37. The quantitative estimate of drug-likeness (QED) is 0.873. The van der Waals surface area contributed by atoms with Gasteiger partial charge in [0.1, 0.15) is 0 Å². The molecule has 2 aliphatic rings.